The minimum atomic E-state index is -1.09. The highest BCUT2D eigenvalue weighted by atomic mass is 19.1. The number of hydrogen-bond acceptors (Lipinski definition) is 4. The quantitative estimate of drug-likeness (QED) is 0.773. The lowest BCUT2D eigenvalue weighted by Crippen LogP contribution is -2.31. The Hall–Kier alpha value is -1.50. The van der Waals surface area contributed by atoms with Crippen LogP contribution in [0.4, 0.5) is 4.39 Å². The summed E-state index contributed by atoms with van der Waals surface area (Å²) >= 11 is 0. The number of carboxylic acids is 1. The molecule has 0 aliphatic rings. The first-order valence-electron chi connectivity index (χ1n) is 5.81. The van der Waals surface area contributed by atoms with Gasteiger partial charge in [-0.3, -0.25) is 4.90 Å². The molecule has 0 aliphatic heterocycles. The van der Waals surface area contributed by atoms with Crippen LogP contribution in [0.2, 0.25) is 0 Å². The fraction of sp³-hybridized carbons (Fsp3) is 0.462. The van der Waals surface area contributed by atoms with Crippen LogP contribution in [0.15, 0.2) is 18.2 Å². The average Bonchev–Trinajstić information content (AvgIpc) is 2.31. The van der Waals surface area contributed by atoms with E-state index in [-0.39, 0.29) is 24.3 Å². The molecule has 0 bridgehead atoms. The summed E-state index contributed by atoms with van der Waals surface area (Å²) < 4.78 is 18.4. The fourth-order valence-corrected chi connectivity index (χ4v) is 1.79. The number of nitrogens with zero attached hydrogens (tertiary/aromatic N) is 1. The predicted molar refractivity (Wildman–Crippen MR) is 67.6 cm³/mol. The summed E-state index contributed by atoms with van der Waals surface area (Å²) in [4.78, 5) is 12.5. The lowest BCUT2D eigenvalue weighted by atomic mass is 10.1. The largest absolute Gasteiger partial charge is 0.478 e. The van der Waals surface area contributed by atoms with Crippen LogP contribution in [0, 0.1) is 5.82 Å². The molecule has 0 saturated carbocycles. The van der Waals surface area contributed by atoms with Gasteiger partial charge in [0.1, 0.15) is 5.82 Å². The third-order valence-electron chi connectivity index (χ3n) is 2.61. The molecule has 5 nitrogen and oxygen atoms in total. The summed E-state index contributed by atoms with van der Waals surface area (Å²) in [6, 6.07) is 3.66. The summed E-state index contributed by atoms with van der Waals surface area (Å²) in [5.74, 6) is -1.55. The summed E-state index contributed by atoms with van der Waals surface area (Å²) in [7, 11) is 3.20. The van der Waals surface area contributed by atoms with Crippen molar-refractivity contribution in [2.24, 2.45) is 0 Å². The van der Waals surface area contributed by atoms with Crippen molar-refractivity contribution in [3.05, 3.63) is 35.1 Å². The molecule has 1 aromatic rings. The number of aromatic carboxylic acids is 1. The maximum atomic E-state index is 13.6. The van der Waals surface area contributed by atoms with Gasteiger partial charge in [-0.2, -0.15) is 0 Å². The molecular formula is C13H18FNO4. The van der Waals surface area contributed by atoms with Gasteiger partial charge in [-0.15, -0.1) is 0 Å². The van der Waals surface area contributed by atoms with E-state index < -0.39 is 17.9 Å². The molecule has 0 aromatic heterocycles. The number of carboxylic acid groups (broad SMARTS) is 1. The van der Waals surface area contributed by atoms with Gasteiger partial charge >= 0.3 is 5.97 Å². The van der Waals surface area contributed by atoms with Crippen molar-refractivity contribution >= 4 is 5.97 Å². The Kier molecular flexibility index (Phi) is 5.88. The van der Waals surface area contributed by atoms with Crippen LogP contribution in [0.3, 0.4) is 0 Å². The Morgan fingerprint density at radius 1 is 1.53 bits per heavy atom. The summed E-state index contributed by atoms with van der Waals surface area (Å²) in [6.07, 6.45) is -0.666. The molecule has 0 saturated heterocycles. The molecule has 0 fully saturated rings. The standard InChI is InChI=1S/C13H18FNO4/c1-15(7-11(16)8-19-2)6-10-5-9(13(17)18)3-4-12(10)14/h3-5,11,16H,6-8H2,1-2H3,(H,17,18). The third-order valence-corrected chi connectivity index (χ3v) is 2.61. The second-order valence-corrected chi connectivity index (χ2v) is 4.42. The molecule has 0 amide bonds. The van der Waals surface area contributed by atoms with E-state index in [1.165, 1.54) is 19.2 Å². The van der Waals surface area contributed by atoms with E-state index in [0.29, 0.717) is 6.54 Å². The van der Waals surface area contributed by atoms with Crippen LogP contribution in [0.1, 0.15) is 15.9 Å². The predicted octanol–water partition coefficient (Wildman–Crippen LogP) is 0.963. The lowest BCUT2D eigenvalue weighted by Gasteiger charge is -2.20. The average molecular weight is 271 g/mol. The summed E-state index contributed by atoms with van der Waals surface area (Å²) in [6.45, 7) is 0.723. The Balaban J connectivity index is 2.70. The van der Waals surface area contributed by atoms with Crippen molar-refractivity contribution in [3.8, 4) is 0 Å². The Labute approximate surface area is 111 Å². The van der Waals surface area contributed by atoms with Gasteiger partial charge in [0.05, 0.1) is 18.3 Å². The van der Waals surface area contributed by atoms with Gasteiger partial charge < -0.3 is 14.9 Å². The Morgan fingerprint density at radius 3 is 2.79 bits per heavy atom. The number of aliphatic hydroxyl groups excluding tert-OH is 1. The van der Waals surface area contributed by atoms with Crippen molar-refractivity contribution in [3.63, 3.8) is 0 Å². The molecule has 6 heteroatoms. The van der Waals surface area contributed by atoms with Gasteiger partial charge in [-0.1, -0.05) is 0 Å². The van der Waals surface area contributed by atoms with E-state index in [4.69, 9.17) is 9.84 Å². The molecule has 0 spiro atoms. The zero-order valence-corrected chi connectivity index (χ0v) is 11.0. The molecule has 2 N–H and O–H groups in total. The minimum Gasteiger partial charge on any atom is -0.478 e. The molecule has 19 heavy (non-hydrogen) atoms. The zero-order chi connectivity index (χ0) is 14.4. The van der Waals surface area contributed by atoms with E-state index in [0.717, 1.165) is 6.07 Å². The molecule has 0 heterocycles. The maximum absolute atomic E-state index is 13.6. The van der Waals surface area contributed by atoms with Crippen LogP contribution >= 0.6 is 0 Å². The van der Waals surface area contributed by atoms with Gasteiger partial charge in [-0.25, -0.2) is 9.18 Å². The van der Waals surface area contributed by atoms with Crippen LogP contribution in [0.25, 0.3) is 0 Å². The van der Waals surface area contributed by atoms with Gasteiger partial charge in [0, 0.05) is 25.8 Å². The number of rotatable bonds is 7. The lowest BCUT2D eigenvalue weighted by molar-refractivity contribution is 0.0416. The van der Waals surface area contributed by atoms with Crippen LogP contribution in [-0.4, -0.2) is 54.5 Å². The molecular weight excluding hydrogens is 253 g/mol. The van der Waals surface area contributed by atoms with Crippen molar-refractivity contribution < 1.29 is 24.1 Å². The first-order valence-corrected chi connectivity index (χ1v) is 5.81. The number of methoxy groups -OCH3 is 1. The number of ether oxygens (including phenoxy) is 1. The summed E-state index contributed by atoms with van der Waals surface area (Å²) in [5, 5.41) is 18.4. The molecule has 1 unspecified atom stereocenters. The normalized spacial score (nSPS) is 12.7. The number of likely N-dealkylation sites (N-methyl/N-ethyl adjacent to an activating group) is 1. The Morgan fingerprint density at radius 2 is 2.21 bits per heavy atom. The minimum absolute atomic E-state index is 0.0437. The van der Waals surface area contributed by atoms with E-state index in [9.17, 15) is 14.3 Å². The SMILES string of the molecule is COCC(O)CN(C)Cc1cc(C(=O)O)ccc1F. The molecule has 1 rings (SSSR count). The van der Waals surface area contributed by atoms with E-state index in [1.54, 1.807) is 11.9 Å². The number of halogens is 1. The highest BCUT2D eigenvalue weighted by Crippen LogP contribution is 2.13. The Bertz CT molecular complexity index is 439. The molecule has 0 aliphatic carbocycles. The van der Waals surface area contributed by atoms with Crippen LogP contribution < -0.4 is 0 Å². The highest BCUT2D eigenvalue weighted by Gasteiger charge is 2.12. The van der Waals surface area contributed by atoms with Gasteiger partial charge in [0.2, 0.25) is 0 Å². The highest BCUT2D eigenvalue weighted by molar-refractivity contribution is 5.87. The van der Waals surface area contributed by atoms with Gasteiger partial charge in [-0.05, 0) is 25.2 Å². The second kappa shape index (κ2) is 7.18. The molecule has 1 aromatic carbocycles. The molecule has 106 valence electrons. The number of carbonyl (C=O) groups is 1. The molecule has 1 atom stereocenters. The number of aliphatic hydroxyl groups is 1. The number of hydrogen-bond donors (Lipinski definition) is 2. The monoisotopic (exact) mass is 271 g/mol. The van der Waals surface area contributed by atoms with Gasteiger partial charge in [0.15, 0.2) is 0 Å². The van der Waals surface area contributed by atoms with E-state index in [1.807, 2.05) is 0 Å². The van der Waals surface area contributed by atoms with Crippen molar-refractivity contribution in [1.82, 2.24) is 4.90 Å². The van der Waals surface area contributed by atoms with Crippen molar-refractivity contribution in [2.45, 2.75) is 12.6 Å². The van der Waals surface area contributed by atoms with Gasteiger partial charge in [0.25, 0.3) is 0 Å². The van der Waals surface area contributed by atoms with Crippen LogP contribution in [-0.2, 0) is 11.3 Å². The topological polar surface area (TPSA) is 70.0 Å². The van der Waals surface area contributed by atoms with Crippen LogP contribution in [0.5, 0.6) is 0 Å². The maximum Gasteiger partial charge on any atom is 0.335 e. The zero-order valence-electron chi connectivity index (χ0n) is 11.0. The first kappa shape index (κ1) is 15.6. The first-order chi connectivity index (χ1) is 8.93. The fourth-order valence-electron chi connectivity index (χ4n) is 1.79. The van der Waals surface area contributed by atoms with Crippen molar-refractivity contribution in [1.29, 1.82) is 0 Å². The van der Waals surface area contributed by atoms with E-state index >= 15 is 0 Å². The molecule has 0 radical (unpaired) electrons. The van der Waals surface area contributed by atoms with Crippen molar-refractivity contribution in [2.75, 3.05) is 27.3 Å². The van der Waals surface area contributed by atoms with E-state index in [2.05, 4.69) is 0 Å². The third kappa shape index (κ3) is 4.94. The summed E-state index contributed by atoms with van der Waals surface area (Å²) in [5.41, 5.74) is 0.328. The number of benzene rings is 1. The second-order valence-electron chi connectivity index (χ2n) is 4.42. The smallest absolute Gasteiger partial charge is 0.335 e.